The maximum atomic E-state index is 10.9. The van der Waals surface area contributed by atoms with Gasteiger partial charge in [-0.1, -0.05) is 72.6 Å². The van der Waals surface area contributed by atoms with E-state index in [9.17, 15) is 14.4 Å². The zero-order chi connectivity index (χ0) is 24.6. The number of phosphoric ester groups is 1. The molecule has 0 bridgehead atoms. The first-order valence-electron chi connectivity index (χ1n) is 12.9. The summed E-state index contributed by atoms with van der Waals surface area (Å²) in [5.41, 5.74) is 1.50. The van der Waals surface area contributed by atoms with E-state index in [4.69, 9.17) is 4.74 Å². The van der Waals surface area contributed by atoms with Gasteiger partial charge in [0.2, 0.25) is 0 Å². The van der Waals surface area contributed by atoms with Gasteiger partial charge in [0.1, 0.15) is 24.9 Å². The van der Waals surface area contributed by atoms with Crippen LogP contribution >= 0.6 is 7.82 Å². The van der Waals surface area contributed by atoms with Gasteiger partial charge in [0.05, 0.1) is 0 Å². The van der Waals surface area contributed by atoms with Crippen molar-refractivity contribution in [1.82, 2.24) is 0 Å². The zero-order valence-electron chi connectivity index (χ0n) is 23.7. The number of benzene rings is 1. The van der Waals surface area contributed by atoms with Crippen LogP contribution in [0.25, 0.3) is 0 Å². The first-order valence-corrected chi connectivity index (χ1v) is 14.4. The fraction of sp³-hybridized carbons (Fsp3) is 0.778. The van der Waals surface area contributed by atoms with Crippen LogP contribution in [0, 0.1) is 24.7 Å². The molecule has 0 radical (unpaired) electrons. The van der Waals surface area contributed by atoms with Crippen LogP contribution in [-0.4, -0.2) is 5.60 Å². The first kappa shape index (κ1) is 36.0. The summed E-state index contributed by atoms with van der Waals surface area (Å²) in [6.07, 6.45) is 13.1. The fourth-order valence-electron chi connectivity index (χ4n) is 5.00. The van der Waals surface area contributed by atoms with E-state index in [1.165, 1.54) is 44.9 Å². The third-order valence-electron chi connectivity index (χ3n) is 7.09. The number of rotatable bonds is 14. The van der Waals surface area contributed by atoms with Crippen molar-refractivity contribution in [2.24, 2.45) is 17.8 Å². The Morgan fingerprint density at radius 1 is 0.971 bits per heavy atom. The molecule has 5 nitrogen and oxygen atoms in total. The Morgan fingerprint density at radius 2 is 1.51 bits per heavy atom. The van der Waals surface area contributed by atoms with Gasteiger partial charge in [-0.05, 0) is 80.5 Å². The van der Waals surface area contributed by atoms with Crippen LogP contribution in [-0.2, 0) is 11.0 Å². The molecule has 0 aliphatic carbocycles. The topological polar surface area (TPSA) is 81.7 Å². The predicted molar refractivity (Wildman–Crippen MR) is 131 cm³/mol. The normalized spacial score (nSPS) is 19.1. The maximum Gasteiger partial charge on any atom is 1.00 e. The van der Waals surface area contributed by atoms with E-state index in [-0.39, 0.29) is 70.5 Å². The molecule has 1 aromatic carbocycles. The number of phosphoric acid groups is 1. The predicted octanol–water partition coefficient (Wildman–Crippen LogP) is 0.733. The summed E-state index contributed by atoms with van der Waals surface area (Å²) < 4.78 is 21.9. The summed E-state index contributed by atoms with van der Waals surface area (Å²) in [5, 5.41) is 0. The van der Waals surface area contributed by atoms with Gasteiger partial charge in [0, 0.05) is 0 Å². The Balaban J connectivity index is 0.00000578. The van der Waals surface area contributed by atoms with Crippen molar-refractivity contribution in [3.63, 3.8) is 0 Å². The molecule has 1 heterocycles. The molecule has 190 valence electrons. The third-order valence-corrected chi connectivity index (χ3v) is 7.52. The second-order valence-corrected chi connectivity index (χ2v) is 12.3. The molecule has 0 aromatic heterocycles. The van der Waals surface area contributed by atoms with Gasteiger partial charge in [-0.15, -0.1) is 0 Å². The molecule has 0 unspecified atom stereocenters. The molecule has 0 saturated carbocycles. The van der Waals surface area contributed by atoms with E-state index in [0.29, 0.717) is 0 Å². The quantitative estimate of drug-likeness (QED) is 0.264. The molecule has 1 aliphatic rings. The van der Waals surface area contributed by atoms with Crippen molar-refractivity contribution in [2.75, 3.05) is 0 Å². The molecular formula is C27H45Na2O5P. The summed E-state index contributed by atoms with van der Waals surface area (Å²) in [6, 6.07) is 3.19. The second kappa shape index (κ2) is 16.8. The molecule has 1 aliphatic heterocycles. The van der Waals surface area contributed by atoms with Gasteiger partial charge in [-0.25, -0.2) is 0 Å². The first-order chi connectivity index (χ1) is 15.4. The smallest absolute Gasteiger partial charge is 0.780 e. The van der Waals surface area contributed by atoms with Gasteiger partial charge < -0.3 is 23.6 Å². The van der Waals surface area contributed by atoms with Crippen molar-refractivity contribution in [1.29, 1.82) is 0 Å². The van der Waals surface area contributed by atoms with E-state index in [1.807, 2.05) is 6.92 Å². The van der Waals surface area contributed by atoms with Gasteiger partial charge >= 0.3 is 59.1 Å². The molecular weight excluding hydrogens is 481 g/mol. The maximum absolute atomic E-state index is 10.9. The van der Waals surface area contributed by atoms with Crippen LogP contribution in [0.5, 0.6) is 11.5 Å². The van der Waals surface area contributed by atoms with Crippen LogP contribution in [0.15, 0.2) is 12.1 Å². The Hall–Kier alpha value is 0.970. The Labute approximate surface area is 258 Å². The summed E-state index contributed by atoms with van der Waals surface area (Å²) in [5.74, 6) is 3.29. The minimum atomic E-state index is -5.06. The molecule has 35 heavy (non-hydrogen) atoms. The van der Waals surface area contributed by atoms with Crippen LogP contribution in [0.2, 0.25) is 0 Å². The van der Waals surface area contributed by atoms with Gasteiger partial charge in [-0.3, -0.25) is 0 Å². The van der Waals surface area contributed by atoms with Gasteiger partial charge in [0.15, 0.2) is 0 Å². The Kier molecular flexibility index (Phi) is 17.3. The summed E-state index contributed by atoms with van der Waals surface area (Å²) in [4.78, 5) is 21.9. The molecule has 0 amide bonds. The number of hydrogen-bond acceptors (Lipinski definition) is 5. The Morgan fingerprint density at radius 3 is 2.06 bits per heavy atom. The largest absolute Gasteiger partial charge is 1.00 e. The molecule has 1 aromatic rings. The number of ether oxygens (including phenoxy) is 1. The molecule has 0 saturated heterocycles. The summed E-state index contributed by atoms with van der Waals surface area (Å²) in [7, 11) is -5.06. The van der Waals surface area contributed by atoms with E-state index < -0.39 is 7.82 Å². The summed E-state index contributed by atoms with van der Waals surface area (Å²) >= 11 is 0. The number of aryl methyl sites for hydroxylation is 2. The number of fused-ring (bicyclic) bond motifs is 1. The summed E-state index contributed by atoms with van der Waals surface area (Å²) in [6.45, 7) is 13.4. The zero-order valence-corrected chi connectivity index (χ0v) is 28.5. The van der Waals surface area contributed by atoms with E-state index in [2.05, 4.69) is 39.1 Å². The SMILES string of the molecule is Cc1cc(OP(=O)([O-])[O-])cc2c1O[C@](C)(CCC[C@H](C)CCC[C@H](C)CCCC(C)C)CC2.[Na+].[Na+]. The van der Waals surface area contributed by atoms with Crippen molar-refractivity contribution in [2.45, 2.75) is 118 Å². The second-order valence-electron chi connectivity index (χ2n) is 11.2. The molecule has 0 N–H and O–H groups in total. The third kappa shape index (κ3) is 14.1. The van der Waals surface area contributed by atoms with Gasteiger partial charge in [0.25, 0.3) is 0 Å². The van der Waals surface area contributed by atoms with Crippen molar-refractivity contribution < 1.29 is 82.7 Å². The van der Waals surface area contributed by atoms with E-state index in [0.717, 1.165) is 60.3 Å². The monoisotopic (exact) mass is 526 g/mol. The van der Waals surface area contributed by atoms with E-state index in [1.54, 1.807) is 12.1 Å². The fourth-order valence-corrected chi connectivity index (χ4v) is 5.36. The van der Waals surface area contributed by atoms with Crippen molar-refractivity contribution >= 4 is 7.82 Å². The minimum Gasteiger partial charge on any atom is -0.780 e. The van der Waals surface area contributed by atoms with E-state index >= 15 is 0 Å². The van der Waals surface area contributed by atoms with Crippen LogP contribution in [0.3, 0.4) is 0 Å². The van der Waals surface area contributed by atoms with Crippen LogP contribution < -0.4 is 78.2 Å². The minimum absolute atomic E-state index is 0. The Bertz CT molecular complexity index is 798. The molecule has 2 rings (SSSR count). The standard InChI is InChI=1S/C27H47O5P.2Na/c1-20(2)10-7-11-21(3)12-8-13-22(4)14-9-16-27(6)17-15-24-19-25(32-33(28,29)30)18-23(5)26(24)31-27;;/h18-22H,7-17H2,1-6H3,(H2,28,29,30);;/q;2*+1/p-2/t21-,22-,27-;;/m1../s1. The van der Waals surface area contributed by atoms with Crippen molar-refractivity contribution in [3.05, 3.63) is 23.3 Å². The average molecular weight is 527 g/mol. The van der Waals surface area contributed by atoms with Gasteiger partial charge in [-0.2, -0.15) is 0 Å². The van der Waals surface area contributed by atoms with Crippen molar-refractivity contribution in [3.8, 4) is 11.5 Å². The van der Waals surface area contributed by atoms with Crippen LogP contribution in [0.1, 0.15) is 110 Å². The average Bonchev–Trinajstić information content (AvgIpc) is 2.67. The molecule has 0 fully saturated rings. The molecule has 8 heteroatoms. The van der Waals surface area contributed by atoms with Crippen LogP contribution in [0.4, 0.5) is 0 Å². The molecule has 0 spiro atoms. The number of hydrogen-bond donors (Lipinski definition) is 0. The molecule has 3 atom stereocenters.